The largest absolute Gasteiger partial charge is 0.497 e. The van der Waals surface area contributed by atoms with Gasteiger partial charge in [-0.3, -0.25) is 5.32 Å². The first-order chi connectivity index (χ1) is 13.9. The summed E-state index contributed by atoms with van der Waals surface area (Å²) in [5.41, 5.74) is 8.86. The Hall–Kier alpha value is -3.12. The first-order valence-electron chi connectivity index (χ1n) is 9.20. The van der Waals surface area contributed by atoms with Gasteiger partial charge >= 0.3 is 0 Å². The number of hydrogen-bond acceptors (Lipinski definition) is 4. The standard InChI is InChI=1S/C23H24F2N2O2/c1-14(16-10-17(24)12-18(25)11-16)27-23(15-4-7-20(28-2)8-5-15)21-13-19(26)6-9-22(21)29-3/h4-14,23,27H,26H2,1-3H3. The van der Waals surface area contributed by atoms with E-state index in [1.807, 2.05) is 37.3 Å². The van der Waals surface area contributed by atoms with Gasteiger partial charge in [0.2, 0.25) is 0 Å². The van der Waals surface area contributed by atoms with Gasteiger partial charge in [-0.2, -0.15) is 0 Å². The lowest BCUT2D eigenvalue weighted by Gasteiger charge is -2.26. The maximum absolute atomic E-state index is 13.7. The number of nitrogens with one attached hydrogen (secondary N) is 1. The van der Waals surface area contributed by atoms with Crippen molar-refractivity contribution in [3.05, 3.63) is 89.0 Å². The summed E-state index contributed by atoms with van der Waals surface area (Å²) >= 11 is 0. The van der Waals surface area contributed by atoms with Gasteiger partial charge in [0.15, 0.2) is 0 Å². The summed E-state index contributed by atoms with van der Waals surface area (Å²) in [7, 11) is 3.19. The molecule has 2 atom stereocenters. The highest BCUT2D eigenvalue weighted by Crippen LogP contribution is 2.34. The summed E-state index contributed by atoms with van der Waals surface area (Å²) in [6.45, 7) is 1.85. The van der Waals surface area contributed by atoms with Crippen molar-refractivity contribution in [1.82, 2.24) is 5.32 Å². The molecule has 29 heavy (non-hydrogen) atoms. The lowest BCUT2D eigenvalue weighted by Crippen LogP contribution is -2.26. The van der Waals surface area contributed by atoms with E-state index in [4.69, 9.17) is 15.2 Å². The van der Waals surface area contributed by atoms with Crippen LogP contribution in [0.15, 0.2) is 60.7 Å². The molecule has 0 aliphatic carbocycles. The SMILES string of the molecule is COc1ccc(C(NC(C)c2cc(F)cc(F)c2)c2cc(N)ccc2OC)cc1. The Morgan fingerprint density at radius 1 is 0.828 bits per heavy atom. The second-order valence-corrected chi connectivity index (χ2v) is 6.80. The Labute approximate surface area is 169 Å². The van der Waals surface area contributed by atoms with E-state index in [0.29, 0.717) is 17.0 Å². The first-order valence-corrected chi connectivity index (χ1v) is 9.20. The number of ether oxygens (including phenoxy) is 2. The van der Waals surface area contributed by atoms with E-state index >= 15 is 0 Å². The smallest absolute Gasteiger partial charge is 0.126 e. The summed E-state index contributed by atoms with van der Waals surface area (Å²) in [5.74, 6) is 0.157. The van der Waals surface area contributed by atoms with E-state index < -0.39 is 11.6 Å². The molecule has 0 aliphatic rings. The summed E-state index contributed by atoms with van der Waals surface area (Å²) in [4.78, 5) is 0. The minimum Gasteiger partial charge on any atom is -0.497 e. The Balaban J connectivity index is 2.03. The zero-order chi connectivity index (χ0) is 21.0. The highest BCUT2D eigenvalue weighted by atomic mass is 19.1. The predicted octanol–water partition coefficient (Wildman–Crippen LogP) is 5.00. The lowest BCUT2D eigenvalue weighted by atomic mass is 9.95. The maximum atomic E-state index is 13.7. The van der Waals surface area contributed by atoms with Gasteiger partial charge in [0.25, 0.3) is 0 Å². The summed E-state index contributed by atoms with van der Waals surface area (Å²) < 4.78 is 38.2. The zero-order valence-corrected chi connectivity index (χ0v) is 16.6. The molecule has 4 nitrogen and oxygen atoms in total. The second-order valence-electron chi connectivity index (χ2n) is 6.80. The normalized spacial score (nSPS) is 13.0. The molecule has 0 spiro atoms. The number of methoxy groups -OCH3 is 2. The highest BCUT2D eigenvalue weighted by molar-refractivity contribution is 5.52. The monoisotopic (exact) mass is 398 g/mol. The average Bonchev–Trinajstić information content (AvgIpc) is 2.71. The van der Waals surface area contributed by atoms with E-state index in [-0.39, 0.29) is 12.1 Å². The molecule has 3 N–H and O–H groups in total. The van der Waals surface area contributed by atoms with Crippen molar-refractivity contribution in [1.29, 1.82) is 0 Å². The van der Waals surface area contributed by atoms with Crippen LogP contribution in [0.25, 0.3) is 0 Å². The summed E-state index contributed by atoms with van der Waals surface area (Å²) in [6.07, 6.45) is 0. The number of hydrogen-bond donors (Lipinski definition) is 2. The number of nitrogens with two attached hydrogens (primary N) is 1. The number of anilines is 1. The highest BCUT2D eigenvalue weighted by Gasteiger charge is 2.22. The van der Waals surface area contributed by atoms with Gasteiger partial charge < -0.3 is 15.2 Å². The molecule has 3 aromatic rings. The van der Waals surface area contributed by atoms with Crippen LogP contribution in [0, 0.1) is 11.6 Å². The topological polar surface area (TPSA) is 56.5 Å². The van der Waals surface area contributed by atoms with Gasteiger partial charge in [-0.15, -0.1) is 0 Å². The van der Waals surface area contributed by atoms with Crippen LogP contribution in [0.4, 0.5) is 14.5 Å². The van der Waals surface area contributed by atoms with E-state index in [0.717, 1.165) is 22.9 Å². The lowest BCUT2D eigenvalue weighted by molar-refractivity contribution is 0.399. The van der Waals surface area contributed by atoms with E-state index in [2.05, 4.69) is 5.32 Å². The van der Waals surface area contributed by atoms with Gasteiger partial charge in [0, 0.05) is 23.4 Å². The Kier molecular flexibility index (Phi) is 6.34. The van der Waals surface area contributed by atoms with Crippen molar-refractivity contribution in [2.45, 2.75) is 19.0 Å². The second kappa shape index (κ2) is 8.92. The molecule has 2 unspecified atom stereocenters. The average molecular weight is 398 g/mol. The molecule has 0 fully saturated rings. The maximum Gasteiger partial charge on any atom is 0.126 e. The third-order valence-corrected chi connectivity index (χ3v) is 4.82. The fourth-order valence-electron chi connectivity index (χ4n) is 3.31. The van der Waals surface area contributed by atoms with Crippen LogP contribution in [0.5, 0.6) is 11.5 Å². The van der Waals surface area contributed by atoms with Crippen molar-refractivity contribution in [3.8, 4) is 11.5 Å². The van der Waals surface area contributed by atoms with Crippen LogP contribution in [0.3, 0.4) is 0 Å². The van der Waals surface area contributed by atoms with Crippen molar-refractivity contribution in [3.63, 3.8) is 0 Å². The van der Waals surface area contributed by atoms with Gasteiger partial charge in [0.1, 0.15) is 23.1 Å². The molecular formula is C23H24F2N2O2. The van der Waals surface area contributed by atoms with Crippen LogP contribution < -0.4 is 20.5 Å². The molecular weight excluding hydrogens is 374 g/mol. The molecule has 152 valence electrons. The molecule has 3 rings (SSSR count). The van der Waals surface area contributed by atoms with Crippen LogP contribution in [-0.2, 0) is 0 Å². The van der Waals surface area contributed by atoms with E-state index in [9.17, 15) is 8.78 Å². The molecule has 0 aromatic heterocycles. The molecule has 0 saturated heterocycles. The third-order valence-electron chi connectivity index (χ3n) is 4.82. The molecule has 0 bridgehead atoms. The van der Waals surface area contributed by atoms with Crippen LogP contribution in [0.2, 0.25) is 0 Å². The Bertz CT molecular complexity index is 957. The molecule has 0 amide bonds. The quantitative estimate of drug-likeness (QED) is 0.550. The molecule has 0 radical (unpaired) electrons. The molecule has 0 aliphatic heterocycles. The number of nitrogen functional groups attached to an aromatic ring is 1. The minimum atomic E-state index is -0.615. The summed E-state index contributed by atoms with van der Waals surface area (Å²) in [6, 6.07) is 15.8. The fraction of sp³-hybridized carbons (Fsp3) is 0.217. The fourth-order valence-corrected chi connectivity index (χ4v) is 3.31. The number of rotatable bonds is 7. The Morgan fingerprint density at radius 3 is 2.07 bits per heavy atom. The first kappa shape index (κ1) is 20.6. The molecule has 0 heterocycles. The Morgan fingerprint density at radius 2 is 1.48 bits per heavy atom. The van der Waals surface area contributed by atoms with Crippen molar-refractivity contribution < 1.29 is 18.3 Å². The predicted molar refractivity (Wildman–Crippen MR) is 110 cm³/mol. The third kappa shape index (κ3) is 4.84. The molecule has 3 aromatic carbocycles. The summed E-state index contributed by atoms with van der Waals surface area (Å²) in [5, 5.41) is 3.45. The van der Waals surface area contributed by atoms with Gasteiger partial charge in [-0.05, 0) is 60.5 Å². The van der Waals surface area contributed by atoms with Crippen molar-refractivity contribution in [2.75, 3.05) is 20.0 Å². The number of halogens is 2. The van der Waals surface area contributed by atoms with E-state index in [1.54, 1.807) is 26.4 Å². The van der Waals surface area contributed by atoms with Crippen molar-refractivity contribution >= 4 is 5.69 Å². The molecule has 0 saturated carbocycles. The minimum absolute atomic E-state index is 0.333. The zero-order valence-electron chi connectivity index (χ0n) is 16.6. The van der Waals surface area contributed by atoms with Crippen molar-refractivity contribution in [2.24, 2.45) is 0 Å². The van der Waals surface area contributed by atoms with Crippen LogP contribution in [0.1, 0.15) is 35.7 Å². The van der Waals surface area contributed by atoms with Crippen LogP contribution in [-0.4, -0.2) is 14.2 Å². The van der Waals surface area contributed by atoms with Gasteiger partial charge in [-0.1, -0.05) is 12.1 Å². The molecule has 6 heteroatoms. The van der Waals surface area contributed by atoms with Gasteiger partial charge in [0.05, 0.1) is 20.3 Å². The number of benzene rings is 3. The van der Waals surface area contributed by atoms with Crippen LogP contribution >= 0.6 is 0 Å². The van der Waals surface area contributed by atoms with Gasteiger partial charge in [-0.25, -0.2) is 8.78 Å². The van der Waals surface area contributed by atoms with E-state index in [1.165, 1.54) is 12.1 Å².